The molecule has 162 valence electrons. The van der Waals surface area contributed by atoms with Gasteiger partial charge < -0.3 is 4.74 Å². The third-order valence-corrected chi connectivity index (χ3v) is 7.22. The molecule has 0 saturated carbocycles. The monoisotopic (exact) mass is 639 g/mol. The van der Waals surface area contributed by atoms with E-state index in [2.05, 4.69) is 38.5 Å². The minimum absolute atomic E-state index is 0.243. The van der Waals surface area contributed by atoms with E-state index >= 15 is 0 Å². The highest BCUT2D eigenvalue weighted by atomic mass is 127. The van der Waals surface area contributed by atoms with Crippen molar-refractivity contribution in [2.45, 2.75) is 13.2 Å². The largest absolute Gasteiger partial charge is 0.488 e. The van der Waals surface area contributed by atoms with Crippen molar-refractivity contribution in [3.8, 4) is 5.75 Å². The Bertz CT molecular complexity index is 1220. The van der Waals surface area contributed by atoms with E-state index < -0.39 is 0 Å². The number of carbonyl (C=O) groups is 2. The van der Waals surface area contributed by atoms with E-state index in [1.807, 2.05) is 66.7 Å². The number of nitrogens with zero attached hydrogens (tertiary/aromatic N) is 1. The number of ether oxygens (including phenoxy) is 1. The average molecular weight is 641 g/mol. The number of carbonyl (C=O) groups excluding carboxylic acids is 2. The van der Waals surface area contributed by atoms with E-state index in [-0.39, 0.29) is 24.3 Å². The van der Waals surface area contributed by atoms with Crippen LogP contribution in [0.3, 0.4) is 0 Å². The van der Waals surface area contributed by atoms with Gasteiger partial charge in [-0.2, -0.15) is 0 Å². The van der Waals surface area contributed by atoms with Gasteiger partial charge in [-0.1, -0.05) is 57.9 Å². The van der Waals surface area contributed by atoms with Crippen molar-refractivity contribution >= 4 is 79.1 Å². The topological polar surface area (TPSA) is 46.6 Å². The summed E-state index contributed by atoms with van der Waals surface area (Å²) in [6.07, 6.45) is 1.70. The predicted molar refractivity (Wildman–Crippen MR) is 141 cm³/mol. The Morgan fingerprint density at radius 2 is 1.81 bits per heavy atom. The first-order valence-electron chi connectivity index (χ1n) is 9.56. The van der Waals surface area contributed by atoms with Gasteiger partial charge >= 0.3 is 0 Å². The lowest BCUT2D eigenvalue weighted by Gasteiger charge is -2.13. The molecule has 8 heteroatoms. The van der Waals surface area contributed by atoms with Crippen molar-refractivity contribution in [2.75, 3.05) is 0 Å². The van der Waals surface area contributed by atoms with E-state index in [4.69, 9.17) is 16.3 Å². The molecule has 3 aromatic rings. The van der Waals surface area contributed by atoms with Crippen LogP contribution in [0.25, 0.3) is 6.08 Å². The number of benzene rings is 3. The fraction of sp³-hybridized carbons (Fsp3) is 0.0833. The van der Waals surface area contributed by atoms with E-state index in [1.165, 1.54) is 4.90 Å². The van der Waals surface area contributed by atoms with E-state index in [1.54, 1.807) is 6.08 Å². The molecule has 0 radical (unpaired) electrons. The number of imide groups is 1. The van der Waals surface area contributed by atoms with Crippen molar-refractivity contribution in [3.63, 3.8) is 0 Å². The standard InChI is InChI=1S/C24H16BrClINO3S/c25-18-7-10-21(31-14-16-3-1-2-4-20(16)26)17(11-18)12-22-23(29)28(24(30)32-22)13-15-5-8-19(27)9-6-15/h1-12H,13-14H2/b22-12-. The van der Waals surface area contributed by atoms with Gasteiger partial charge in [-0.15, -0.1) is 0 Å². The summed E-state index contributed by atoms with van der Waals surface area (Å²) in [4.78, 5) is 27.1. The zero-order chi connectivity index (χ0) is 22.7. The zero-order valence-electron chi connectivity index (χ0n) is 16.6. The molecule has 2 amide bonds. The fourth-order valence-corrected chi connectivity index (χ4v) is 4.84. The molecule has 0 unspecified atom stereocenters. The second-order valence-electron chi connectivity index (χ2n) is 6.96. The second-order valence-corrected chi connectivity index (χ2v) is 10.5. The van der Waals surface area contributed by atoms with Crippen LogP contribution in [0.4, 0.5) is 4.79 Å². The van der Waals surface area contributed by atoms with Gasteiger partial charge in [0.25, 0.3) is 11.1 Å². The molecule has 1 aliphatic heterocycles. The molecular weight excluding hydrogens is 625 g/mol. The van der Waals surface area contributed by atoms with Crippen LogP contribution in [0.5, 0.6) is 5.75 Å². The number of halogens is 3. The SMILES string of the molecule is O=C1S/C(=C\c2cc(Br)ccc2OCc2ccccc2Cl)C(=O)N1Cc1ccc(I)cc1. The normalized spacial score (nSPS) is 15.0. The number of rotatable bonds is 6. The minimum atomic E-state index is -0.310. The first-order chi connectivity index (χ1) is 15.4. The van der Waals surface area contributed by atoms with Crippen LogP contribution in [0.15, 0.2) is 76.1 Å². The predicted octanol–water partition coefficient (Wildman–Crippen LogP) is 7.52. The van der Waals surface area contributed by atoms with Crippen molar-refractivity contribution < 1.29 is 14.3 Å². The summed E-state index contributed by atoms with van der Waals surface area (Å²) in [7, 11) is 0. The van der Waals surface area contributed by atoms with Crippen LogP contribution in [0, 0.1) is 3.57 Å². The number of hydrogen-bond acceptors (Lipinski definition) is 4. The molecule has 4 nitrogen and oxygen atoms in total. The Balaban J connectivity index is 1.55. The summed E-state index contributed by atoms with van der Waals surface area (Å²) < 4.78 is 7.93. The third kappa shape index (κ3) is 5.57. The highest BCUT2D eigenvalue weighted by molar-refractivity contribution is 14.1. The Kier molecular flexibility index (Phi) is 7.60. The molecule has 0 aromatic heterocycles. The van der Waals surface area contributed by atoms with Gasteiger partial charge in [0.05, 0.1) is 11.4 Å². The number of hydrogen-bond donors (Lipinski definition) is 0. The smallest absolute Gasteiger partial charge is 0.293 e. The zero-order valence-corrected chi connectivity index (χ0v) is 21.9. The second kappa shape index (κ2) is 10.4. The molecule has 1 fully saturated rings. The van der Waals surface area contributed by atoms with Crippen LogP contribution in [-0.2, 0) is 17.9 Å². The minimum Gasteiger partial charge on any atom is -0.488 e. The lowest BCUT2D eigenvalue weighted by Crippen LogP contribution is -2.27. The Labute approximate surface area is 217 Å². The van der Waals surface area contributed by atoms with E-state index in [0.29, 0.717) is 21.2 Å². The first kappa shape index (κ1) is 23.4. The Hall–Kier alpha value is -1.81. The van der Waals surface area contributed by atoms with Gasteiger partial charge in [-0.3, -0.25) is 14.5 Å². The molecule has 1 aliphatic rings. The summed E-state index contributed by atoms with van der Waals surface area (Å²) in [6, 6.07) is 20.8. The maximum Gasteiger partial charge on any atom is 0.293 e. The molecule has 3 aromatic carbocycles. The Morgan fingerprint density at radius 1 is 1.06 bits per heavy atom. The quantitative estimate of drug-likeness (QED) is 0.207. The van der Waals surface area contributed by atoms with Crippen LogP contribution in [0.1, 0.15) is 16.7 Å². The maximum atomic E-state index is 13.0. The van der Waals surface area contributed by atoms with Gasteiger partial charge in [-0.05, 0) is 82.4 Å². The van der Waals surface area contributed by atoms with Crippen LogP contribution in [0.2, 0.25) is 5.02 Å². The summed E-state index contributed by atoms with van der Waals surface area (Å²) in [6.45, 7) is 0.531. The van der Waals surface area contributed by atoms with Crippen molar-refractivity contribution in [1.29, 1.82) is 0 Å². The van der Waals surface area contributed by atoms with Gasteiger partial charge in [0.1, 0.15) is 12.4 Å². The molecule has 0 atom stereocenters. The number of amides is 2. The van der Waals surface area contributed by atoms with Gasteiger partial charge in [-0.25, -0.2) is 0 Å². The number of thioether (sulfide) groups is 1. The van der Waals surface area contributed by atoms with Gasteiger partial charge in [0.2, 0.25) is 0 Å². The third-order valence-electron chi connectivity index (χ3n) is 4.73. The fourth-order valence-electron chi connectivity index (χ4n) is 3.08. The van der Waals surface area contributed by atoms with Gasteiger partial charge in [0.15, 0.2) is 0 Å². The summed E-state index contributed by atoms with van der Waals surface area (Å²) >= 11 is 12.8. The van der Waals surface area contributed by atoms with E-state index in [9.17, 15) is 9.59 Å². The van der Waals surface area contributed by atoms with E-state index in [0.717, 1.165) is 30.9 Å². The maximum absolute atomic E-state index is 13.0. The average Bonchev–Trinajstić information content (AvgIpc) is 3.03. The lowest BCUT2D eigenvalue weighted by molar-refractivity contribution is -0.123. The summed E-state index contributed by atoms with van der Waals surface area (Å²) in [5, 5.41) is 0.344. The van der Waals surface area contributed by atoms with Gasteiger partial charge in [0, 0.05) is 24.2 Å². The molecule has 0 aliphatic carbocycles. The molecule has 0 N–H and O–H groups in total. The van der Waals surface area contributed by atoms with Crippen molar-refractivity contribution in [3.05, 3.63) is 101 Å². The highest BCUT2D eigenvalue weighted by Crippen LogP contribution is 2.36. The molecule has 4 rings (SSSR count). The lowest BCUT2D eigenvalue weighted by atomic mass is 10.1. The highest BCUT2D eigenvalue weighted by Gasteiger charge is 2.35. The summed E-state index contributed by atoms with van der Waals surface area (Å²) in [5.41, 5.74) is 2.47. The molecule has 0 spiro atoms. The molecule has 1 heterocycles. The first-order valence-corrected chi connectivity index (χ1v) is 12.6. The molecule has 32 heavy (non-hydrogen) atoms. The Morgan fingerprint density at radius 3 is 2.56 bits per heavy atom. The van der Waals surface area contributed by atoms with Crippen LogP contribution >= 0.6 is 61.9 Å². The van der Waals surface area contributed by atoms with Crippen molar-refractivity contribution in [1.82, 2.24) is 4.90 Å². The van der Waals surface area contributed by atoms with Crippen LogP contribution < -0.4 is 4.74 Å². The molecule has 0 bridgehead atoms. The molecule has 1 saturated heterocycles. The van der Waals surface area contributed by atoms with Crippen LogP contribution in [-0.4, -0.2) is 16.0 Å². The molecular formula is C24H16BrClINO3S. The summed E-state index contributed by atoms with van der Waals surface area (Å²) in [5.74, 6) is 0.285. The van der Waals surface area contributed by atoms with Crippen molar-refractivity contribution in [2.24, 2.45) is 0 Å².